The fourth-order valence-corrected chi connectivity index (χ4v) is 3.55. The number of rotatable bonds is 6. The summed E-state index contributed by atoms with van der Waals surface area (Å²) in [5.41, 5.74) is 6.27. The van der Waals surface area contributed by atoms with E-state index in [-0.39, 0.29) is 31.0 Å². The number of hydrogen-bond donors (Lipinski definition) is 2. The lowest BCUT2D eigenvalue weighted by atomic mass is 9.65. The van der Waals surface area contributed by atoms with Crippen LogP contribution in [0.1, 0.15) is 28.9 Å². The molecule has 2 heterocycles. The van der Waals surface area contributed by atoms with Crippen LogP contribution in [0.15, 0.2) is 48.8 Å². The fraction of sp³-hybridized carbons (Fsp3) is 0.250. The van der Waals surface area contributed by atoms with Crippen LogP contribution < -0.4 is 11.1 Å². The second kappa shape index (κ2) is 7.50. The Bertz CT molecular complexity index is 1040. The zero-order chi connectivity index (χ0) is 20.4. The molecule has 4 rings (SSSR count). The summed E-state index contributed by atoms with van der Waals surface area (Å²) in [7, 11) is 0. The van der Waals surface area contributed by atoms with Gasteiger partial charge >= 0.3 is 0 Å². The van der Waals surface area contributed by atoms with Gasteiger partial charge in [0.25, 0.3) is 0 Å². The number of pyridine rings is 1. The van der Waals surface area contributed by atoms with Crippen molar-refractivity contribution in [2.24, 2.45) is 5.73 Å². The van der Waals surface area contributed by atoms with Gasteiger partial charge in [0.15, 0.2) is 0 Å². The monoisotopic (exact) mass is 396 g/mol. The Morgan fingerprint density at radius 2 is 2.03 bits per heavy atom. The maximum atomic E-state index is 14.2. The highest BCUT2D eigenvalue weighted by molar-refractivity contribution is 5.93. The van der Waals surface area contributed by atoms with Gasteiger partial charge in [-0.25, -0.2) is 13.8 Å². The van der Waals surface area contributed by atoms with Gasteiger partial charge in [-0.3, -0.25) is 9.78 Å². The van der Waals surface area contributed by atoms with Gasteiger partial charge in [0.05, 0.1) is 11.9 Å². The molecule has 3 N–H and O–H groups in total. The summed E-state index contributed by atoms with van der Waals surface area (Å²) in [5, 5.41) is 11.1. The first-order chi connectivity index (χ1) is 14.0. The van der Waals surface area contributed by atoms with Gasteiger partial charge in [0, 0.05) is 29.3 Å². The average molecular weight is 396 g/mol. The van der Waals surface area contributed by atoms with Gasteiger partial charge in [0.1, 0.15) is 17.7 Å². The molecule has 2 aromatic heterocycles. The molecule has 3 aromatic rings. The van der Waals surface area contributed by atoms with E-state index in [0.29, 0.717) is 16.8 Å². The Morgan fingerprint density at radius 3 is 2.69 bits per heavy atom. The van der Waals surface area contributed by atoms with Gasteiger partial charge in [-0.2, -0.15) is 0 Å². The molecule has 1 aliphatic carbocycles. The number of aromatic nitrogens is 4. The molecular formula is C20H18F2N6O. The lowest BCUT2D eigenvalue weighted by Gasteiger charge is -2.43. The lowest BCUT2D eigenvalue weighted by molar-refractivity contribution is 0.0963. The van der Waals surface area contributed by atoms with Gasteiger partial charge in [-0.15, -0.1) is 10.2 Å². The Labute approximate surface area is 165 Å². The third-order valence-corrected chi connectivity index (χ3v) is 5.07. The number of amides is 1. The number of carbonyl (C=O) groups is 1. The molecule has 9 heteroatoms. The number of primary amides is 1. The van der Waals surface area contributed by atoms with Crippen molar-refractivity contribution in [1.82, 2.24) is 20.2 Å². The van der Waals surface area contributed by atoms with Gasteiger partial charge in [0.2, 0.25) is 11.9 Å². The third-order valence-electron chi connectivity index (χ3n) is 5.07. The number of halogens is 2. The van der Waals surface area contributed by atoms with Crippen molar-refractivity contribution < 1.29 is 13.6 Å². The molecule has 1 saturated carbocycles. The zero-order valence-electron chi connectivity index (χ0n) is 15.3. The van der Waals surface area contributed by atoms with Crippen molar-refractivity contribution in [3.63, 3.8) is 0 Å². The van der Waals surface area contributed by atoms with E-state index in [1.165, 1.54) is 24.5 Å². The normalized spacial score (nSPS) is 20.7. The summed E-state index contributed by atoms with van der Waals surface area (Å²) in [6, 6.07) is 9.50. The van der Waals surface area contributed by atoms with Crippen molar-refractivity contribution >= 4 is 11.9 Å². The third kappa shape index (κ3) is 3.75. The van der Waals surface area contributed by atoms with Crippen LogP contribution in [-0.2, 0) is 5.41 Å². The molecule has 7 nitrogen and oxygen atoms in total. The first-order valence-corrected chi connectivity index (χ1v) is 9.06. The van der Waals surface area contributed by atoms with Crippen LogP contribution in [0.2, 0.25) is 0 Å². The minimum atomic E-state index is -0.989. The molecule has 1 amide bonds. The maximum absolute atomic E-state index is 14.2. The molecule has 0 aliphatic heterocycles. The van der Waals surface area contributed by atoms with Crippen LogP contribution in [0.5, 0.6) is 0 Å². The molecule has 1 aliphatic rings. The van der Waals surface area contributed by atoms with E-state index in [2.05, 4.69) is 25.5 Å². The van der Waals surface area contributed by atoms with Crippen LogP contribution >= 0.6 is 0 Å². The van der Waals surface area contributed by atoms with E-state index < -0.39 is 23.3 Å². The number of nitrogens with zero attached hydrogens (tertiary/aromatic N) is 4. The number of nitrogens with two attached hydrogens (primary N) is 1. The first-order valence-electron chi connectivity index (χ1n) is 9.06. The van der Waals surface area contributed by atoms with Crippen molar-refractivity contribution in [2.75, 3.05) is 11.9 Å². The molecule has 0 bridgehead atoms. The largest absolute Gasteiger partial charge is 0.366 e. The molecule has 1 fully saturated rings. The van der Waals surface area contributed by atoms with E-state index in [9.17, 15) is 13.6 Å². The van der Waals surface area contributed by atoms with Crippen LogP contribution in [0.3, 0.4) is 0 Å². The topological polar surface area (TPSA) is 107 Å². The Kier molecular flexibility index (Phi) is 4.87. The summed E-state index contributed by atoms with van der Waals surface area (Å²) in [4.78, 5) is 19.7. The molecule has 0 radical (unpaired) electrons. The molecule has 148 valence electrons. The minimum Gasteiger partial charge on any atom is -0.366 e. The van der Waals surface area contributed by atoms with Crippen LogP contribution in [-0.4, -0.2) is 38.8 Å². The predicted octanol–water partition coefficient (Wildman–Crippen LogP) is 2.65. The molecule has 29 heavy (non-hydrogen) atoms. The maximum Gasteiger partial charge on any atom is 0.248 e. The molecule has 0 atom stereocenters. The van der Waals surface area contributed by atoms with E-state index in [1.54, 1.807) is 24.3 Å². The van der Waals surface area contributed by atoms with Gasteiger partial charge in [-0.1, -0.05) is 12.1 Å². The number of hydrogen-bond acceptors (Lipinski definition) is 6. The standard InChI is InChI=1S/C20H18F2N6O/c21-14-8-20(9-14,17-15(22)5-2-6-24-17)11-26-19-25-10-16(27-28-19)12-3-1-4-13(7-12)18(23)29/h1-7,10,14H,8-9,11H2,(H2,23,29)(H,25,26,28)/t14-,20-. The van der Waals surface area contributed by atoms with Crippen molar-refractivity contribution in [3.05, 3.63) is 65.9 Å². The summed E-state index contributed by atoms with van der Waals surface area (Å²) >= 11 is 0. The van der Waals surface area contributed by atoms with Gasteiger partial charge in [-0.05, 0) is 37.1 Å². The highest BCUT2D eigenvalue weighted by Gasteiger charge is 2.48. The van der Waals surface area contributed by atoms with E-state index in [4.69, 9.17) is 5.73 Å². The highest BCUT2D eigenvalue weighted by atomic mass is 19.1. The Morgan fingerprint density at radius 1 is 1.21 bits per heavy atom. The van der Waals surface area contributed by atoms with Crippen molar-refractivity contribution in [2.45, 2.75) is 24.4 Å². The summed E-state index contributed by atoms with van der Waals surface area (Å²) < 4.78 is 27.8. The number of anilines is 1. The second-order valence-electron chi connectivity index (χ2n) is 7.09. The van der Waals surface area contributed by atoms with Crippen molar-refractivity contribution in [3.8, 4) is 11.3 Å². The van der Waals surface area contributed by atoms with E-state index >= 15 is 0 Å². The molecular weight excluding hydrogens is 378 g/mol. The Hall–Kier alpha value is -3.49. The lowest BCUT2D eigenvalue weighted by Crippen LogP contribution is -2.49. The highest BCUT2D eigenvalue weighted by Crippen LogP contribution is 2.45. The Balaban J connectivity index is 1.50. The quantitative estimate of drug-likeness (QED) is 0.663. The average Bonchev–Trinajstić information content (AvgIpc) is 2.71. The molecule has 0 unspecified atom stereocenters. The molecule has 0 saturated heterocycles. The van der Waals surface area contributed by atoms with E-state index in [1.807, 2.05) is 0 Å². The van der Waals surface area contributed by atoms with Gasteiger partial charge < -0.3 is 11.1 Å². The second-order valence-corrected chi connectivity index (χ2v) is 7.09. The first kappa shape index (κ1) is 18.9. The SMILES string of the molecule is NC(=O)c1cccc(-c2cnc(NC[C@]3(c4ncccc4F)C[C@H](F)C3)nn2)c1. The predicted molar refractivity (Wildman–Crippen MR) is 102 cm³/mol. The number of nitrogens with one attached hydrogen (secondary N) is 1. The van der Waals surface area contributed by atoms with E-state index in [0.717, 1.165) is 0 Å². The fourth-order valence-electron chi connectivity index (χ4n) is 3.55. The number of carbonyl (C=O) groups excluding carboxylic acids is 1. The molecule has 1 aromatic carbocycles. The smallest absolute Gasteiger partial charge is 0.248 e. The number of alkyl halides is 1. The minimum absolute atomic E-state index is 0.180. The number of benzene rings is 1. The van der Waals surface area contributed by atoms with Crippen LogP contribution in [0, 0.1) is 5.82 Å². The summed E-state index contributed by atoms with van der Waals surface area (Å²) in [6.07, 6.45) is 2.37. The zero-order valence-corrected chi connectivity index (χ0v) is 15.3. The van der Waals surface area contributed by atoms with Crippen molar-refractivity contribution in [1.29, 1.82) is 0 Å². The van der Waals surface area contributed by atoms with Crippen LogP contribution in [0.4, 0.5) is 14.7 Å². The molecule has 0 spiro atoms. The van der Waals surface area contributed by atoms with Crippen LogP contribution in [0.25, 0.3) is 11.3 Å². The summed E-state index contributed by atoms with van der Waals surface area (Å²) in [6.45, 7) is 0.236. The summed E-state index contributed by atoms with van der Waals surface area (Å²) in [5.74, 6) is -0.757.